The average Bonchev–Trinajstić information content (AvgIpc) is 2.95. The molecule has 0 aliphatic carbocycles. The van der Waals surface area contributed by atoms with E-state index in [1.165, 1.54) is 22.5 Å². The van der Waals surface area contributed by atoms with Gasteiger partial charge in [0.05, 0.1) is 0 Å². The van der Waals surface area contributed by atoms with Crippen LogP contribution >= 0.6 is 27.3 Å². The highest BCUT2D eigenvalue weighted by atomic mass is 79.9. The molecule has 0 aliphatic rings. The summed E-state index contributed by atoms with van der Waals surface area (Å²) in [5.74, 6) is -0.144. The van der Waals surface area contributed by atoms with Crippen LogP contribution in [-0.2, 0) is 6.42 Å². The standard InChI is InChI=1S/C18H15BrN2OS/c1-12-3-2-4-13(9-12)10-16-11-20-18(23-16)21-17(22)14-5-7-15(19)8-6-14/h2-9,11H,10H2,1H3,(H,20,21,22). The number of aromatic nitrogens is 1. The number of hydrogen-bond acceptors (Lipinski definition) is 3. The highest BCUT2D eigenvalue weighted by Gasteiger charge is 2.09. The molecule has 1 amide bonds. The quantitative estimate of drug-likeness (QED) is 0.680. The minimum absolute atomic E-state index is 0.144. The zero-order chi connectivity index (χ0) is 16.2. The van der Waals surface area contributed by atoms with Crippen LogP contribution in [0, 0.1) is 6.92 Å². The molecule has 3 aromatic rings. The van der Waals surface area contributed by atoms with Crippen LogP contribution in [0.1, 0.15) is 26.4 Å². The monoisotopic (exact) mass is 386 g/mol. The number of hydrogen-bond donors (Lipinski definition) is 1. The van der Waals surface area contributed by atoms with Gasteiger partial charge in [-0.15, -0.1) is 11.3 Å². The van der Waals surface area contributed by atoms with Gasteiger partial charge in [-0.2, -0.15) is 0 Å². The second-order valence-corrected chi connectivity index (χ2v) is 7.29. The van der Waals surface area contributed by atoms with E-state index in [0.29, 0.717) is 10.7 Å². The molecule has 0 bridgehead atoms. The second-order valence-electron chi connectivity index (χ2n) is 5.26. The Hall–Kier alpha value is -1.98. The zero-order valence-corrected chi connectivity index (χ0v) is 14.9. The molecule has 23 heavy (non-hydrogen) atoms. The molecule has 3 nitrogen and oxygen atoms in total. The molecule has 0 fully saturated rings. The number of anilines is 1. The van der Waals surface area contributed by atoms with Gasteiger partial charge < -0.3 is 0 Å². The van der Waals surface area contributed by atoms with Crippen LogP contribution in [0.3, 0.4) is 0 Å². The van der Waals surface area contributed by atoms with Crippen LogP contribution < -0.4 is 5.32 Å². The largest absolute Gasteiger partial charge is 0.298 e. The van der Waals surface area contributed by atoms with Gasteiger partial charge in [0.15, 0.2) is 5.13 Å². The van der Waals surface area contributed by atoms with Gasteiger partial charge in [0.25, 0.3) is 5.91 Å². The molecule has 2 aromatic carbocycles. The lowest BCUT2D eigenvalue weighted by atomic mass is 10.1. The summed E-state index contributed by atoms with van der Waals surface area (Å²) in [6.07, 6.45) is 2.65. The number of nitrogens with zero attached hydrogens (tertiary/aromatic N) is 1. The maximum Gasteiger partial charge on any atom is 0.257 e. The summed E-state index contributed by atoms with van der Waals surface area (Å²) < 4.78 is 0.948. The Bertz CT molecular complexity index is 827. The number of thiazole rings is 1. The predicted octanol–water partition coefficient (Wildman–Crippen LogP) is 5.06. The summed E-state index contributed by atoms with van der Waals surface area (Å²) in [7, 11) is 0. The van der Waals surface area contributed by atoms with Gasteiger partial charge in [-0.25, -0.2) is 4.98 Å². The Balaban J connectivity index is 1.67. The van der Waals surface area contributed by atoms with E-state index in [-0.39, 0.29) is 5.91 Å². The molecule has 0 aliphatic heterocycles. The number of halogens is 1. The van der Waals surface area contributed by atoms with E-state index >= 15 is 0 Å². The summed E-state index contributed by atoms with van der Waals surface area (Å²) in [5, 5.41) is 3.47. The predicted molar refractivity (Wildman–Crippen MR) is 98.2 cm³/mol. The first kappa shape index (κ1) is 15.9. The van der Waals surface area contributed by atoms with Crippen molar-refractivity contribution in [3.05, 3.63) is 80.8 Å². The third-order valence-corrected chi connectivity index (χ3v) is 4.78. The fourth-order valence-electron chi connectivity index (χ4n) is 2.24. The van der Waals surface area contributed by atoms with Crippen molar-refractivity contribution in [2.24, 2.45) is 0 Å². The first-order valence-electron chi connectivity index (χ1n) is 7.17. The van der Waals surface area contributed by atoms with Crippen LogP contribution in [0.4, 0.5) is 5.13 Å². The molecule has 0 saturated carbocycles. The summed E-state index contributed by atoms with van der Waals surface area (Å²) in [4.78, 5) is 17.6. The minimum atomic E-state index is -0.144. The van der Waals surface area contributed by atoms with E-state index in [1.807, 2.05) is 18.3 Å². The first-order valence-corrected chi connectivity index (χ1v) is 8.78. The Morgan fingerprint density at radius 2 is 2.00 bits per heavy atom. The summed E-state index contributed by atoms with van der Waals surface area (Å²) in [6.45, 7) is 2.08. The van der Waals surface area contributed by atoms with Crippen LogP contribution in [0.15, 0.2) is 59.2 Å². The van der Waals surface area contributed by atoms with Crippen LogP contribution in [0.5, 0.6) is 0 Å². The lowest BCUT2D eigenvalue weighted by Crippen LogP contribution is -2.11. The summed E-state index contributed by atoms with van der Waals surface area (Å²) in [5.41, 5.74) is 3.11. The normalized spacial score (nSPS) is 10.5. The number of benzene rings is 2. The molecule has 3 rings (SSSR count). The van der Waals surface area contributed by atoms with Crippen LogP contribution in [0.2, 0.25) is 0 Å². The van der Waals surface area contributed by atoms with Crippen LogP contribution in [-0.4, -0.2) is 10.9 Å². The van der Waals surface area contributed by atoms with E-state index in [2.05, 4.69) is 57.4 Å². The van der Waals surface area contributed by atoms with Gasteiger partial charge in [-0.3, -0.25) is 10.1 Å². The molecule has 1 heterocycles. The first-order chi connectivity index (χ1) is 11.1. The second kappa shape index (κ2) is 7.06. The Labute approximate surface area is 147 Å². The number of nitrogens with one attached hydrogen (secondary N) is 1. The van der Waals surface area contributed by atoms with Gasteiger partial charge in [0.2, 0.25) is 0 Å². The van der Waals surface area contributed by atoms with Crippen molar-refractivity contribution < 1.29 is 4.79 Å². The maximum absolute atomic E-state index is 12.2. The molecular formula is C18H15BrN2OS. The van der Waals surface area contributed by atoms with Crippen molar-refractivity contribution >= 4 is 38.3 Å². The van der Waals surface area contributed by atoms with Crippen molar-refractivity contribution in [1.29, 1.82) is 0 Å². The molecule has 0 spiro atoms. The molecule has 0 unspecified atom stereocenters. The molecule has 1 aromatic heterocycles. The van der Waals surface area contributed by atoms with Gasteiger partial charge in [0.1, 0.15) is 0 Å². The van der Waals surface area contributed by atoms with Gasteiger partial charge in [-0.05, 0) is 36.8 Å². The fourth-order valence-corrected chi connectivity index (χ4v) is 3.35. The lowest BCUT2D eigenvalue weighted by Gasteiger charge is -2.02. The zero-order valence-electron chi connectivity index (χ0n) is 12.5. The number of aryl methyl sites for hydroxylation is 1. The number of carbonyl (C=O) groups is 1. The van der Waals surface area contributed by atoms with E-state index in [0.717, 1.165) is 15.8 Å². The lowest BCUT2D eigenvalue weighted by molar-refractivity contribution is 0.102. The van der Waals surface area contributed by atoms with Crippen molar-refractivity contribution in [3.8, 4) is 0 Å². The molecule has 0 radical (unpaired) electrons. The molecule has 0 saturated heterocycles. The number of amides is 1. The number of rotatable bonds is 4. The SMILES string of the molecule is Cc1cccc(Cc2cnc(NC(=O)c3ccc(Br)cc3)s2)c1. The summed E-state index contributed by atoms with van der Waals surface area (Å²) in [6, 6.07) is 15.7. The van der Waals surface area contributed by atoms with Crippen molar-refractivity contribution in [1.82, 2.24) is 4.98 Å². The van der Waals surface area contributed by atoms with E-state index < -0.39 is 0 Å². The molecular weight excluding hydrogens is 372 g/mol. The molecule has 1 N–H and O–H groups in total. The highest BCUT2D eigenvalue weighted by molar-refractivity contribution is 9.10. The maximum atomic E-state index is 12.2. The van der Waals surface area contributed by atoms with Gasteiger partial charge in [0, 0.05) is 27.5 Å². The van der Waals surface area contributed by atoms with E-state index in [9.17, 15) is 4.79 Å². The highest BCUT2D eigenvalue weighted by Crippen LogP contribution is 2.22. The van der Waals surface area contributed by atoms with E-state index in [1.54, 1.807) is 12.1 Å². The fraction of sp³-hybridized carbons (Fsp3) is 0.111. The van der Waals surface area contributed by atoms with Gasteiger partial charge >= 0.3 is 0 Å². The third kappa shape index (κ3) is 4.27. The van der Waals surface area contributed by atoms with E-state index in [4.69, 9.17) is 0 Å². The van der Waals surface area contributed by atoms with Crippen molar-refractivity contribution in [2.45, 2.75) is 13.3 Å². The van der Waals surface area contributed by atoms with Gasteiger partial charge in [-0.1, -0.05) is 45.8 Å². The third-order valence-electron chi connectivity index (χ3n) is 3.34. The average molecular weight is 387 g/mol. The smallest absolute Gasteiger partial charge is 0.257 e. The molecule has 0 atom stereocenters. The summed E-state index contributed by atoms with van der Waals surface area (Å²) >= 11 is 4.87. The Morgan fingerprint density at radius 1 is 1.22 bits per heavy atom. The topological polar surface area (TPSA) is 42.0 Å². The van der Waals surface area contributed by atoms with Crippen LogP contribution in [0.25, 0.3) is 0 Å². The molecule has 5 heteroatoms. The molecule has 116 valence electrons. The van der Waals surface area contributed by atoms with Crippen molar-refractivity contribution in [2.75, 3.05) is 5.32 Å². The Morgan fingerprint density at radius 3 is 2.74 bits per heavy atom. The Kier molecular flexibility index (Phi) is 4.88. The number of carbonyl (C=O) groups excluding carboxylic acids is 1. The minimum Gasteiger partial charge on any atom is -0.298 e. The van der Waals surface area contributed by atoms with Crippen molar-refractivity contribution in [3.63, 3.8) is 0 Å².